The predicted molar refractivity (Wildman–Crippen MR) is 104 cm³/mol. The fourth-order valence-electron chi connectivity index (χ4n) is 3.00. The summed E-state index contributed by atoms with van der Waals surface area (Å²) in [7, 11) is 0. The second-order valence-electron chi connectivity index (χ2n) is 6.15. The topological polar surface area (TPSA) is 56.8 Å². The van der Waals surface area contributed by atoms with Crippen LogP contribution in [-0.2, 0) is 6.54 Å². The van der Waals surface area contributed by atoms with Crippen molar-refractivity contribution in [2.24, 2.45) is 0 Å². The van der Waals surface area contributed by atoms with Gasteiger partial charge in [-0.15, -0.1) is 0 Å². The maximum Gasteiger partial charge on any atom is 0.0922 e. The number of rotatable bonds is 9. The number of H-pyrrole nitrogens is 1. The second-order valence-corrected chi connectivity index (χ2v) is 6.59. The van der Waals surface area contributed by atoms with Crippen LogP contribution < -0.4 is 5.32 Å². The number of benzene rings is 1. The first-order valence-electron chi connectivity index (χ1n) is 8.74. The molecule has 3 rings (SSSR count). The van der Waals surface area contributed by atoms with Crippen LogP contribution in [0.4, 0.5) is 5.69 Å². The highest BCUT2D eigenvalue weighted by Crippen LogP contribution is 2.24. The van der Waals surface area contributed by atoms with Gasteiger partial charge in [0.2, 0.25) is 0 Å². The summed E-state index contributed by atoms with van der Waals surface area (Å²) in [5, 5.41) is 5.35. The van der Waals surface area contributed by atoms with Gasteiger partial charge >= 0.3 is 0 Å². The number of halogens is 1. The predicted octanol–water partition coefficient (Wildman–Crippen LogP) is 4.33. The molecule has 2 aromatic heterocycles. The minimum absolute atomic E-state index is 0.714. The Hall–Kier alpha value is -2.11. The van der Waals surface area contributed by atoms with E-state index in [0.717, 1.165) is 55.6 Å². The molecule has 0 atom stereocenters. The van der Waals surface area contributed by atoms with Crippen LogP contribution in [0.15, 0.2) is 43.0 Å². The molecule has 0 amide bonds. The molecule has 0 aliphatic heterocycles. The van der Waals surface area contributed by atoms with Crippen molar-refractivity contribution in [3.05, 3.63) is 53.7 Å². The summed E-state index contributed by atoms with van der Waals surface area (Å²) < 4.78 is 0. The van der Waals surface area contributed by atoms with Crippen LogP contribution in [-0.4, -0.2) is 39.5 Å². The van der Waals surface area contributed by atoms with Crippen molar-refractivity contribution in [3.63, 3.8) is 0 Å². The van der Waals surface area contributed by atoms with Crippen LogP contribution in [0.25, 0.3) is 10.9 Å². The van der Waals surface area contributed by atoms with Crippen molar-refractivity contribution in [1.82, 2.24) is 19.9 Å². The van der Waals surface area contributed by atoms with E-state index in [1.54, 1.807) is 6.33 Å². The van der Waals surface area contributed by atoms with Gasteiger partial charge in [-0.05, 0) is 43.7 Å². The lowest BCUT2D eigenvalue weighted by atomic mass is 10.2. The molecule has 2 N–H and O–H groups in total. The van der Waals surface area contributed by atoms with Crippen LogP contribution in [0.2, 0.25) is 5.02 Å². The first-order chi connectivity index (χ1) is 12.3. The van der Waals surface area contributed by atoms with Crippen LogP contribution in [0, 0.1) is 0 Å². The Morgan fingerprint density at radius 2 is 2.16 bits per heavy atom. The summed E-state index contributed by atoms with van der Waals surface area (Å²) in [5.74, 6) is 0. The minimum Gasteiger partial charge on any atom is -0.384 e. The lowest BCUT2D eigenvalue weighted by Gasteiger charge is -2.21. The van der Waals surface area contributed by atoms with Gasteiger partial charge in [0.15, 0.2) is 0 Å². The molecule has 3 aromatic rings. The van der Waals surface area contributed by atoms with Crippen molar-refractivity contribution in [2.45, 2.75) is 26.3 Å². The number of nitrogens with zero attached hydrogens (tertiary/aromatic N) is 3. The normalized spacial score (nSPS) is 11.3. The van der Waals surface area contributed by atoms with Crippen LogP contribution in [0.3, 0.4) is 0 Å². The zero-order valence-corrected chi connectivity index (χ0v) is 15.3. The van der Waals surface area contributed by atoms with Gasteiger partial charge < -0.3 is 10.3 Å². The Morgan fingerprint density at radius 3 is 2.96 bits per heavy atom. The molecule has 0 aliphatic carbocycles. The number of hydrogen-bond acceptors (Lipinski definition) is 4. The molecule has 0 unspecified atom stereocenters. The van der Waals surface area contributed by atoms with E-state index in [1.807, 2.05) is 36.7 Å². The van der Waals surface area contributed by atoms with Crippen LogP contribution >= 0.6 is 11.6 Å². The number of fused-ring (bicyclic) bond motifs is 1. The number of pyridine rings is 1. The third-order valence-corrected chi connectivity index (χ3v) is 4.40. The Labute approximate surface area is 153 Å². The molecule has 1 aromatic carbocycles. The van der Waals surface area contributed by atoms with E-state index < -0.39 is 0 Å². The SMILES string of the molecule is CCCN(CCCNc1ccnc2cc(Cl)ccc12)Cc1cnc[nH]1. The summed E-state index contributed by atoms with van der Waals surface area (Å²) in [6.45, 7) is 6.20. The Morgan fingerprint density at radius 1 is 1.24 bits per heavy atom. The molecule has 2 heterocycles. The molecule has 25 heavy (non-hydrogen) atoms. The van der Waals surface area contributed by atoms with E-state index in [2.05, 4.69) is 32.1 Å². The van der Waals surface area contributed by atoms with E-state index in [1.165, 1.54) is 5.69 Å². The lowest BCUT2D eigenvalue weighted by Crippen LogP contribution is -2.26. The average molecular weight is 358 g/mol. The smallest absolute Gasteiger partial charge is 0.0922 e. The van der Waals surface area contributed by atoms with Gasteiger partial charge in [-0.1, -0.05) is 18.5 Å². The van der Waals surface area contributed by atoms with E-state index in [-0.39, 0.29) is 0 Å². The Kier molecular flexibility index (Phi) is 6.25. The largest absolute Gasteiger partial charge is 0.384 e. The highest BCUT2D eigenvalue weighted by atomic mass is 35.5. The number of aromatic amines is 1. The highest BCUT2D eigenvalue weighted by Gasteiger charge is 2.06. The monoisotopic (exact) mass is 357 g/mol. The molecule has 0 saturated heterocycles. The number of imidazole rings is 1. The number of hydrogen-bond donors (Lipinski definition) is 2. The third kappa shape index (κ3) is 4.94. The van der Waals surface area contributed by atoms with Gasteiger partial charge in [-0.3, -0.25) is 9.88 Å². The first kappa shape index (κ1) is 17.7. The van der Waals surface area contributed by atoms with Gasteiger partial charge in [0.25, 0.3) is 0 Å². The molecule has 0 aliphatic rings. The molecule has 6 heteroatoms. The zero-order valence-electron chi connectivity index (χ0n) is 14.5. The summed E-state index contributed by atoms with van der Waals surface area (Å²) in [6.07, 6.45) is 7.68. The first-order valence-corrected chi connectivity index (χ1v) is 9.12. The number of aromatic nitrogens is 3. The molecule has 0 bridgehead atoms. The van der Waals surface area contributed by atoms with Crippen molar-refractivity contribution < 1.29 is 0 Å². The van der Waals surface area contributed by atoms with Crippen molar-refractivity contribution in [3.8, 4) is 0 Å². The zero-order chi connectivity index (χ0) is 17.5. The molecule has 0 fully saturated rings. The maximum atomic E-state index is 6.05. The summed E-state index contributed by atoms with van der Waals surface area (Å²) >= 11 is 6.05. The van der Waals surface area contributed by atoms with E-state index in [4.69, 9.17) is 11.6 Å². The molecule has 132 valence electrons. The van der Waals surface area contributed by atoms with Crippen molar-refractivity contribution in [1.29, 1.82) is 0 Å². The second kappa shape index (κ2) is 8.83. The van der Waals surface area contributed by atoms with Gasteiger partial charge in [-0.25, -0.2) is 4.98 Å². The van der Waals surface area contributed by atoms with Crippen molar-refractivity contribution >= 4 is 28.2 Å². The van der Waals surface area contributed by atoms with Crippen LogP contribution in [0.5, 0.6) is 0 Å². The van der Waals surface area contributed by atoms with Gasteiger partial charge in [0.05, 0.1) is 11.8 Å². The number of anilines is 1. The summed E-state index contributed by atoms with van der Waals surface area (Å²) in [4.78, 5) is 14.1. The van der Waals surface area contributed by atoms with E-state index in [9.17, 15) is 0 Å². The minimum atomic E-state index is 0.714. The fraction of sp³-hybridized carbons (Fsp3) is 0.368. The lowest BCUT2D eigenvalue weighted by molar-refractivity contribution is 0.262. The van der Waals surface area contributed by atoms with E-state index >= 15 is 0 Å². The summed E-state index contributed by atoms with van der Waals surface area (Å²) in [6, 6.07) is 7.85. The van der Waals surface area contributed by atoms with Crippen molar-refractivity contribution in [2.75, 3.05) is 25.0 Å². The highest BCUT2D eigenvalue weighted by molar-refractivity contribution is 6.31. The van der Waals surface area contributed by atoms with Crippen LogP contribution in [0.1, 0.15) is 25.5 Å². The number of nitrogens with one attached hydrogen (secondary N) is 2. The van der Waals surface area contributed by atoms with E-state index in [0.29, 0.717) is 5.02 Å². The fourth-order valence-corrected chi connectivity index (χ4v) is 3.17. The maximum absolute atomic E-state index is 6.05. The molecular weight excluding hydrogens is 334 g/mol. The Bertz CT molecular complexity index is 788. The quantitative estimate of drug-likeness (QED) is 0.560. The summed E-state index contributed by atoms with van der Waals surface area (Å²) in [5.41, 5.74) is 3.19. The molecule has 0 spiro atoms. The molecule has 0 radical (unpaired) electrons. The molecule has 0 saturated carbocycles. The third-order valence-electron chi connectivity index (χ3n) is 4.16. The Balaban J connectivity index is 1.53. The van der Waals surface area contributed by atoms with Gasteiger partial charge in [0.1, 0.15) is 0 Å². The standard InChI is InChI=1S/C19H24ClN5/c1-2-9-25(13-16-12-21-14-24-16)10-3-7-22-18-6-8-23-19-11-15(20)4-5-17(18)19/h4-6,8,11-12,14H,2-3,7,9-10,13H2,1H3,(H,21,24)(H,22,23). The van der Waals surface area contributed by atoms with Gasteiger partial charge in [-0.2, -0.15) is 0 Å². The molecular formula is C19H24ClN5. The molecule has 5 nitrogen and oxygen atoms in total. The van der Waals surface area contributed by atoms with Gasteiger partial charge in [0, 0.05) is 53.8 Å². The average Bonchev–Trinajstić information content (AvgIpc) is 3.11.